The first-order chi connectivity index (χ1) is 13.3. The van der Waals surface area contributed by atoms with Crippen LogP contribution in [0.5, 0.6) is 0 Å². The van der Waals surface area contributed by atoms with Crippen LogP contribution in [-0.4, -0.2) is 51.5 Å². The smallest absolute Gasteiger partial charge is 0.330 e. The zero-order valence-electron chi connectivity index (χ0n) is 15.9. The topological polar surface area (TPSA) is 99.5 Å². The van der Waals surface area contributed by atoms with Gasteiger partial charge in [-0.15, -0.1) is 11.8 Å². The third-order valence-electron chi connectivity index (χ3n) is 4.87. The second kappa shape index (κ2) is 8.23. The van der Waals surface area contributed by atoms with E-state index >= 15 is 0 Å². The Hall–Kier alpha value is -2.53. The average Bonchev–Trinajstić information content (AvgIpc) is 2.92. The van der Waals surface area contributed by atoms with E-state index in [0.29, 0.717) is 12.8 Å². The molecule has 2 heterocycles. The van der Waals surface area contributed by atoms with Gasteiger partial charge in [-0.1, -0.05) is 30.3 Å². The standard InChI is InChI=1S/C20H23N3O4S/c1-20(2)16(19(26)27-11-7-6-10-21)23-17(25)15(18(23)28-20)22-14(24)12-13-8-4-3-5-9-13/h3-5,8-9,15-16,18H,6-7,11-12H2,1-2H3,(H,22,24)/t15-,16+,18-/m1/s1. The molecule has 8 heteroatoms. The lowest BCUT2D eigenvalue weighted by atomic mass is 9.96. The fourth-order valence-corrected chi connectivity index (χ4v) is 5.16. The molecule has 2 fully saturated rings. The second-order valence-electron chi connectivity index (χ2n) is 7.40. The third-order valence-corrected chi connectivity index (χ3v) is 6.44. The van der Waals surface area contributed by atoms with Gasteiger partial charge in [0.2, 0.25) is 11.8 Å². The molecule has 0 aliphatic carbocycles. The summed E-state index contributed by atoms with van der Waals surface area (Å²) in [6.45, 7) is 3.95. The van der Waals surface area contributed by atoms with Gasteiger partial charge in [0.25, 0.3) is 0 Å². The Kier molecular flexibility index (Phi) is 5.94. The van der Waals surface area contributed by atoms with Crippen molar-refractivity contribution < 1.29 is 19.1 Å². The van der Waals surface area contributed by atoms with E-state index in [2.05, 4.69) is 5.32 Å². The Morgan fingerprint density at radius 2 is 2.04 bits per heavy atom. The van der Waals surface area contributed by atoms with Crippen molar-refractivity contribution in [3.05, 3.63) is 35.9 Å². The van der Waals surface area contributed by atoms with Crippen molar-refractivity contribution in [3.8, 4) is 6.07 Å². The summed E-state index contributed by atoms with van der Waals surface area (Å²) in [5, 5.41) is 11.1. The van der Waals surface area contributed by atoms with Crippen LogP contribution in [0.25, 0.3) is 0 Å². The summed E-state index contributed by atoms with van der Waals surface area (Å²) < 4.78 is 4.75. The van der Waals surface area contributed by atoms with Crippen LogP contribution in [0.15, 0.2) is 30.3 Å². The van der Waals surface area contributed by atoms with E-state index in [1.165, 1.54) is 16.7 Å². The van der Waals surface area contributed by atoms with Crippen molar-refractivity contribution in [2.45, 2.75) is 55.3 Å². The molecule has 2 aliphatic rings. The molecule has 3 atom stereocenters. The Labute approximate surface area is 168 Å². The minimum atomic E-state index is -0.695. The molecule has 0 unspecified atom stereocenters. The average molecular weight is 401 g/mol. The van der Waals surface area contributed by atoms with Crippen molar-refractivity contribution in [3.63, 3.8) is 0 Å². The number of β-lactam (4-membered cyclic amide) rings is 1. The van der Waals surface area contributed by atoms with E-state index in [1.807, 2.05) is 50.2 Å². The summed E-state index contributed by atoms with van der Waals surface area (Å²) in [5.41, 5.74) is 0.877. The van der Waals surface area contributed by atoms with Crippen molar-refractivity contribution in [2.75, 3.05) is 6.61 Å². The van der Waals surface area contributed by atoms with Gasteiger partial charge in [0.05, 0.1) is 19.1 Å². The maximum absolute atomic E-state index is 12.7. The maximum Gasteiger partial charge on any atom is 0.330 e. The minimum Gasteiger partial charge on any atom is -0.464 e. The predicted molar refractivity (Wildman–Crippen MR) is 104 cm³/mol. The first-order valence-electron chi connectivity index (χ1n) is 9.22. The maximum atomic E-state index is 12.7. The summed E-state index contributed by atoms with van der Waals surface area (Å²) in [6.07, 6.45) is 0.991. The monoisotopic (exact) mass is 401 g/mol. The molecule has 2 aliphatic heterocycles. The zero-order valence-corrected chi connectivity index (χ0v) is 16.7. The highest BCUT2D eigenvalue weighted by molar-refractivity contribution is 8.01. The Morgan fingerprint density at radius 1 is 1.32 bits per heavy atom. The van der Waals surface area contributed by atoms with E-state index in [1.54, 1.807) is 0 Å². The number of amides is 2. The molecule has 0 bridgehead atoms. The number of carbonyl (C=O) groups is 3. The van der Waals surface area contributed by atoms with E-state index in [9.17, 15) is 14.4 Å². The summed E-state index contributed by atoms with van der Waals surface area (Å²) >= 11 is 1.50. The number of carbonyl (C=O) groups excluding carboxylic acids is 3. The van der Waals surface area contributed by atoms with Gasteiger partial charge >= 0.3 is 5.97 Å². The van der Waals surface area contributed by atoms with Gasteiger partial charge in [-0.3, -0.25) is 9.59 Å². The fraction of sp³-hybridized carbons (Fsp3) is 0.500. The fourth-order valence-electron chi connectivity index (χ4n) is 3.54. The molecule has 3 rings (SSSR count). The lowest BCUT2D eigenvalue weighted by Gasteiger charge is -2.44. The lowest BCUT2D eigenvalue weighted by molar-refractivity contribution is -0.164. The van der Waals surface area contributed by atoms with Gasteiger partial charge in [0, 0.05) is 11.2 Å². The summed E-state index contributed by atoms with van der Waals surface area (Å²) in [6, 6.07) is 10.0. The molecule has 1 aromatic carbocycles. The lowest BCUT2D eigenvalue weighted by Crippen LogP contribution is -2.70. The number of fused-ring (bicyclic) bond motifs is 1. The van der Waals surface area contributed by atoms with Crippen LogP contribution in [0.2, 0.25) is 0 Å². The van der Waals surface area contributed by atoms with Crippen molar-refractivity contribution in [1.82, 2.24) is 10.2 Å². The number of nitrogens with one attached hydrogen (secondary N) is 1. The molecule has 0 spiro atoms. The molecule has 7 nitrogen and oxygen atoms in total. The van der Waals surface area contributed by atoms with Gasteiger partial charge in [0.15, 0.2) is 0 Å². The van der Waals surface area contributed by atoms with Crippen LogP contribution in [-0.2, 0) is 25.5 Å². The van der Waals surface area contributed by atoms with Crippen LogP contribution < -0.4 is 5.32 Å². The van der Waals surface area contributed by atoms with Crippen LogP contribution in [0, 0.1) is 11.3 Å². The van der Waals surface area contributed by atoms with Gasteiger partial charge in [-0.2, -0.15) is 5.26 Å². The molecule has 148 valence electrons. The number of nitrogens with zero attached hydrogens (tertiary/aromatic N) is 2. The van der Waals surface area contributed by atoms with Crippen LogP contribution >= 0.6 is 11.8 Å². The van der Waals surface area contributed by atoms with Gasteiger partial charge in [-0.25, -0.2) is 4.79 Å². The van der Waals surface area contributed by atoms with Crippen LogP contribution in [0.1, 0.15) is 32.3 Å². The number of hydrogen-bond donors (Lipinski definition) is 1. The molecule has 0 saturated carbocycles. The first kappa shape index (κ1) is 20.2. The Morgan fingerprint density at radius 3 is 2.71 bits per heavy atom. The van der Waals surface area contributed by atoms with Crippen molar-refractivity contribution >= 4 is 29.5 Å². The highest BCUT2D eigenvalue weighted by Crippen LogP contribution is 2.51. The molecule has 0 radical (unpaired) electrons. The van der Waals surface area contributed by atoms with E-state index in [4.69, 9.17) is 10.00 Å². The van der Waals surface area contributed by atoms with Crippen LogP contribution in [0.3, 0.4) is 0 Å². The predicted octanol–water partition coefficient (Wildman–Crippen LogP) is 1.62. The number of rotatable bonds is 7. The molecule has 1 N–H and O–H groups in total. The molecule has 28 heavy (non-hydrogen) atoms. The Balaban J connectivity index is 1.60. The molecular formula is C20H23N3O4S. The first-order valence-corrected chi connectivity index (χ1v) is 10.1. The number of hydrogen-bond acceptors (Lipinski definition) is 6. The summed E-state index contributed by atoms with van der Waals surface area (Å²) in [4.78, 5) is 39.0. The number of thioether (sulfide) groups is 1. The molecule has 2 saturated heterocycles. The highest BCUT2D eigenvalue weighted by Gasteiger charge is 2.64. The summed E-state index contributed by atoms with van der Waals surface area (Å²) in [5.74, 6) is -0.936. The highest BCUT2D eigenvalue weighted by atomic mass is 32.2. The minimum absolute atomic E-state index is 0.160. The molecule has 0 aromatic heterocycles. The van der Waals surface area contributed by atoms with E-state index in [-0.39, 0.29) is 30.2 Å². The molecule has 2 amide bonds. The van der Waals surface area contributed by atoms with Gasteiger partial charge in [0.1, 0.15) is 17.5 Å². The van der Waals surface area contributed by atoms with Gasteiger partial charge in [-0.05, 0) is 25.8 Å². The SMILES string of the molecule is CC1(C)S[C@@H]2[C@H](NC(=O)Cc3ccccc3)C(=O)N2[C@H]1C(=O)OCCCC#N. The number of esters is 1. The van der Waals surface area contributed by atoms with Gasteiger partial charge < -0.3 is 15.0 Å². The number of ether oxygens (including phenoxy) is 1. The zero-order chi connectivity index (χ0) is 20.3. The third kappa shape index (κ3) is 3.99. The van der Waals surface area contributed by atoms with E-state index < -0.39 is 22.8 Å². The molecule has 1 aromatic rings. The largest absolute Gasteiger partial charge is 0.464 e. The number of unbranched alkanes of at least 4 members (excludes halogenated alkanes) is 1. The Bertz CT molecular complexity index is 805. The second-order valence-corrected chi connectivity index (χ2v) is 9.17. The van der Waals surface area contributed by atoms with Crippen molar-refractivity contribution in [2.24, 2.45) is 0 Å². The van der Waals surface area contributed by atoms with Crippen LogP contribution in [0.4, 0.5) is 0 Å². The van der Waals surface area contributed by atoms with E-state index in [0.717, 1.165) is 5.56 Å². The summed E-state index contributed by atoms with van der Waals surface area (Å²) in [7, 11) is 0. The number of nitriles is 1. The number of benzene rings is 1. The quantitative estimate of drug-likeness (QED) is 0.423. The van der Waals surface area contributed by atoms with Crippen molar-refractivity contribution in [1.29, 1.82) is 5.26 Å². The molecular weight excluding hydrogens is 378 g/mol. The normalized spacial score (nSPS) is 24.7.